The zero-order valence-corrected chi connectivity index (χ0v) is 39.0. The van der Waals surface area contributed by atoms with Crippen molar-refractivity contribution in [2.24, 2.45) is 0 Å². The zero-order valence-electron chi connectivity index (χ0n) is 38.2. The molecule has 2 aliphatic carbocycles. The summed E-state index contributed by atoms with van der Waals surface area (Å²) in [5, 5.41) is 2.57. The van der Waals surface area contributed by atoms with E-state index in [1.807, 2.05) is 11.3 Å². The minimum Gasteiger partial charge on any atom is -0.337 e. The van der Waals surface area contributed by atoms with Gasteiger partial charge in [-0.15, -0.1) is 11.3 Å². The Labute approximate surface area is 402 Å². The fraction of sp³-hybridized carbons (Fsp3) is 0.0769. The molecule has 0 N–H and O–H groups in total. The average Bonchev–Trinajstić information content (AvgIpc) is 4.00. The van der Waals surface area contributed by atoms with E-state index in [1.165, 1.54) is 75.8 Å². The number of allylic oxidation sites excluding steroid dienone is 4. The van der Waals surface area contributed by atoms with Gasteiger partial charge in [0.1, 0.15) is 0 Å². The van der Waals surface area contributed by atoms with Gasteiger partial charge in [-0.3, -0.25) is 0 Å². The van der Waals surface area contributed by atoms with Crippen molar-refractivity contribution in [1.82, 2.24) is 0 Å². The molecule has 3 aliphatic rings. The molecule has 0 amide bonds. The number of nitrogens with zero attached hydrogens (tertiary/aromatic N) is 2. The number of hydrogen-bond donors (Lipinski definition) is 0. The summed E-state index contributed by atoms with van der Waals surface area (Å²) in [7, 11) is 0. The Kier molecular flexibility index (Phi) is 9.22. The molecule has 1 aliphatic heterocycles. The molecule has 2 nitrogen and oxygen atoms in total. The summed E-state index contributed by atoms with van der Waals surface area (Å²) in [5.41, 5.74) is 19.9. The van der Waals surface area contributed by atoms with Gasteiger partial charge in [-0.1, -0.05) is 184 Å². The van der Waals surface area contributed by atoms with Gasteiger partial charge < -0.3 is 9.80 Å². The third-order valence-corrected chi connectivity index (χ3v) is 16.1. The van der Waals surface area contributed by atoms with E-state index in [0.717, 1.165) is 46.1 Å². The fourth-order valence-electron chi connectivity index (χ4n) is 11.8. The lowest BCUT2D eigenvalue weighted by Crippen LogP contribution is -2.29. The van der Waals surface area contributed by atoms with Crippen molar-refractivity contribution in [3.8, 4) is 22.3 Å². The van der Waals surface area contributed by atoms with Crippen LogP contribution in [0.25, 0.3) is 48.0 Å². The van der Waals surface area contributed by atoms with Crippen molar-refractivity contribution in [2.75, 3.05) is 16.3 Å². The van der Waals surface area contributed by atoms with E-state index in [9.17, 15) is 0 Å². The lowest BCUT2D eigenvalue weighted by molar-refractivity contribution is 0.660. The van der Waals surface area contributed by atoms with E-state index in [1.54, 1.807) is 0 Å². The molecule has 0 fully saturated rings. The van der Waals surface area contributed by atoms with Crippen LogP contribution in [-0.2, 0) is 10.8 Å². The van der Waals surface area contributed by atoms with Crippen molar-refractivity contribution in [3.63, 3.8) is 0 Å². The van der Waals surface area contributed by atoms with Crippen molar-refractivity contribution >= 4 is 65.5 Å². The smallest absolute Gasteiger partial charge is 0.0715 e. The molecule has 0 saturated carbocycles. The molecule has 1 aromatic heterocycles. The van der Waals surface area contributed by atoms with Crippen LogP contribution in [-0.4, -0.2) is 6.54 Å². The lowest BCUT2D eigenvalue weighted by atomic mass is 9.67. The van der Waals surface area contributed by atoms with E-state index in [-0.39, 0.29) is 5.41 Å². The highest BCUT2D eigenvalue weighted by Gasteiger charge is 2.47. The minimum atomic E-state index is -0.639. The molecule has 1 unspecified atom stereocenters. The lowest BCUT2D eigenvalue weighted by Gasteiger charge is -2.36. The van der Waals surface area contributed by atoms with Gasteiger partial charge in [-0.25, -0.2) is 0 Å². The van der Waals surface area contributed by atoms with Crippen molar-refractivity contribution in [1.29, 1.82) is 0 Å². The van der Waals surface area contributed by atoms with Crippen LogP contribution in [0, 0.1) is 0 Å². The number of hydrogen-bond acceptors (Lipinski definition) is 3. The van der Waals surface area contributed by atoms with E-state index >= 15 is 0 Å². The molecule has 0 bridgehead atoms. The van der Waals surface area contributed by atoms with E-state index in [0.29, 0.717) is 0 Å². The molecule has 9 aromatic carbocycles. The van der Waals surface area contributed by atoms with Gasteiger partial charge in [0.05, 0.1) is 5.41 Å². The van der Waals surface area contributed by atoms with Gasteiger partial charge >= 0.3 is 0 Å². The monoisotopic (exact) mass is 888 g/mol. The maximum atomic E-state index is 4.49. The summed E-state index contributed by atoms with van der Waals surface area (Å²) >= 11 is 1.86. The van der Waals surface area contributed by atoms with Crippen molar-refractivity contribution in [3.05, 3.63) is 276 Å². The summed E-state index contributed by atoms with van der Waals surface area (Å²) in [5.74, 6) is 0. The summed E-state index contributed by atoms with van der Waals surface area (Å²) < 4.78 is 2.60. The van der Waals surface area contributed by atoms with Crippen LogP contribution < -0.4 is 9.80 Å². The van der Waals surface area contributed by atoms with Crippen molar-refractivity contribution < 1.29 is 0 Å². The number of anilines is 5. The Morgan fingerprint density at radius 1 is 0.471 bits per heavy atom. The Hall–Kier alpha value is -7.98. The molecule has 0 saturated heterocycles. The maximum Gasteiger partial charge on any atom is 0.0715 e. The molecule has 3 heteroatoms. The van der Waals surface area contributed by atoms with Gasteiger partial charge in [0.2, 0.25) is 0 Å². The number of rotatable bonds is 6. The van der Waals surface area contributed by atoms with Gasteiger partial charge in [0.15, 0.2) is 0 Å². The third-order valence-electron chi connectivity index (χ3n) is 14.9. The summed E-state index contributed by atoms with van der Waals surface area (Å²) in [6.45, 7) is 9.96. The van der Waals surface area contributed by atoms with Gasteiger partial charge in [-0.2, -0.15) is 0 Å². The number of para-hydroxylation sites is 1. The van der Waals surface area contributed by atoms with Gasteiger partial charge in [0, 0.05) is 66.1 Å². The topological polar surface area (TPSA) is 6.48 Å². The van der Waals surface area contributed by atoms with Gasteiger partial charge in [-0.05, 0) is 128 Å². The van der Waals surface area contributed by atoms with E-state index < -0.39 is 5.41 Å². The molecule has 10 aromatic rings. The highest BCUT2D eigenvalue weighted by Crippen LogP contribution is 2.58. The highest BCUT2D eigenvalue weighted by atomic mass is 32.1. The first-order valence-electron chi connectivity index (χ1n) is 23.6. The largest absolute Gasteiger partial charge is 0.337 e. The van der Waals surface area contributed by atoms with Gasteiger partial charge in [0.25, 0.3) is 0 Å². The first-order chi connectivity index (χ1) is 33.4. The summed E-state index contributed by atoms with van der Waals surface area (Å²) in [4.78, 5) is 4.94. The van der Waals surface area contributed by atoms with E-state index in [2.05, 4.69) is 261 Å². The maximum absolute atomic E-state index is 4.49. The normalized spacial score (nSPS) is 17.3. The third kappa shape index (κ3) is 6.02. The van der Waals surface area contributed by atoms with E-state index in [4.69, 9.17) is 0 Å². The first kappa shape index (κ1) is 40.3. The van der Waals surface area contributed by atoms with Crippen LogP contribution in [0.4, 0.5) is 28.4 Å². The Bertz CT molecular complexity index is 3740. The number of fused-ring (bicyclic) bond motifs is 10. The minimum absolute atomic E-state index is 0.152. The molecular weight excluding hydrogens is 841 g/mol. The zero-order chi connectivity index (χ0) is 45.6. The molecule has 324 valence electrons. The quantitative estimate of drug-likeness (QED) is 0.164. The van der Waals surface area contributed by atoms with Crippen LogP contribution in [0.3, 0.4) is 0 Å². The van der Waals surface area contributed by atoms with Crippen molar-refractivity contribution in [2.45, 2.75) is 24.7 Å². The molecular formula is C65H48N2S. The molecule has 0 spiro atoms. The Morgan fingerprint density at radius 3 is 1.97 bits per heavy atom. The summed E-state index contributed by atoms with van der Waals surface area (Å²) in [6, 6.07) is 77.4. The first-order valence-corrected chi connectivity index (χ1v) is 24.5. The second-order valence-corrected chi connectivity index (χ2v) is 20.0. The van der Waals surface area contributed by atoms with Crippen LogP contribution in [0.2, 0.25) is 0 Å². The fourth-order valence-corrected chi connectivity index (χ4v) is 12.8. The predicted molar refractivity (Wildman–Crippen MR) is 290 cm³/mol. The Balaban J connectivity index is 1.05. The Morgan fingerprint density at radius 2 is 1.10 bits per heavy atom. The van der Waals surface area contributed by atoms with Crippen LogP contribution >= 0.6 is 11.3 Å². The second-order valence-electron chi connectivity index (χ2n) is 18.9. The predicted octanol–water partition coefficient (Wildman–Crippen LogP) is 17.5. The second kappa shape index (κ2) is 15.6. The molecule has 2 heterocycles. The molecule has 13 rings (SSSR count). The highest BCUT2D eigenvalue weighted by molar-refractivity contribution is 7.25. The molecule has 68 heavy (non-hydrogen) atoms. The van der Waals surface area contributed by atoms with Crippen LogP contribution in [0.15, 0.2) is 237 Å². The number of thiophene rings is 1. The number of benzene rings is 9. The standard InChI is InChI=1S/C65H48N2S/c1-43-19-6-5-17-38-66(61-30-15-11-24-50(43)61)46-32-35-54-52-26-10-14-29-58(52)65(60(54)41-46,44-20-7-4-8-21-44)45-22-18-23-47(39-45)67(48-34-37-63-56(40-48)55-27-12-16-31-62(55)68-63)49-33-36-53-51-25-9-13-28-57(51)64(2,3)59(53)42-49/h4-37,39-42H,1,38H2,2-3H3/b17-5-,19-6-. The van der Waals surface area contributed by atoms with Crippen LogP contribution in [0.5, 0.6) is 0 Å². The molecule has 0 radical (unpaired) electrons. The average molecular weight is 889 g/mol. The molecule has 1 atom stereocenters. The summed E-state index contributed by atoms with van der Waals surface area (Å²) in [6.07, 6.45) is 8.59. The SMILES string of the molecule is C=C1/C=C\C=C/CN(c2ccc3c(c2)C(c2ccccc2)(c2cccc(N(c4ccc5c(c4)C(C)(C)c4ccccc4-5)c4ccc5sc6ccccc6c5c4)c2)c2ccccc2-3)c2ccccc21. The van der Waals surface area contributed by atoms with Crippen LogP contribution in [0.1, 0.15) is 52.8 Å².